The van der Waals surface area contributed by atoms with Crippen LogP contribution >= 0.6 is 0 Å². The highest BCUT2D eigenvalue weighted by molar-refractivity contribution is 5.87. The molecule has 0 aliphatic rings. The second-order valence-corrected chi connectivity index (χ2v) is 2.02. The van der Waals surface area contributed by atoms with E-state index >= 15 is 0 Å². The molecule has 0 aliphatic carbocycles. The number of carbonyl (C=O) groups is 1. The first-order valence-corrected chi connectivity index (χ1v) is 2.62. The van der Waals surface area contributed by atoms with Gasteiger partial charge in [0.25, 0.3) is 0 Å². The number of amides is 1. The van der Waals surface area contributed by atoms with E-state index in [-0.39, 0.29) is 11.7 Å². The molecular formula is C6H11NO2. The highest BCUT2D eigenvalue weighted by atomic mass is 16.3. The van der Waals surface area contributed by atoms with Crippen molar-refractivity contribution < 1.29 is 9.90 Å². The Balaban J connectivity index is 3.93. The predicted molar refractivity (Wildman–Crippen MR) is 35.1 cm³/mol. The van der Waals surface area contributed by atoms with Crippen molar-refractivity contribution in [2.45, 2.75) is 6.92 Å². The molecule has 0 saturated carbocycles. The van der Waals surface area contributed by atoms with Gasteiger partial charge in [0, 0.05) is 20.2 Å². The second kappa shape index (κ2) is 3.12. The molecule has 1 amide bonds. The Labute approximate surface area is 54.6 Å². The van der Waals surface area contributed by atoms with Crippen molar-refractivity contribution in [1.82, 2.24) is 4.90 Å². The normalized spacial score (nSPS) is 11.2. The number of aliphatic hydroxyl groups excluding tert-OH is 1. The lowest BCUT2D eigenvalue weighted by Gasteiger charge is -2.04. The zero-order valence-electron chi connectivity index (χ0n) is 5.88. The molecule has 0 aromatic rings. The molecule has 52 valence electrons. The highest BCUT2D eigenvalue weighted by Crippen LogP contribution is 1.86. The highest BCUT2D eigenvalue weighted by Gasteiger charge is 1.97. The van der Waals surface area contributed by atoms with Crippen molar-refractivity contribution in [1.29, 1.82) is 0 Å². The fourth-order valence-corrected chi connectivity index (χ4v) is 0.308. The van der Waals surface area contributed by atoms with Crippen molar-refractivity contribution in [2.24, 2.45) is 0 Å². The minimum Gasteiger partial charge on any atom is -0.512 e. The van der Waals surface area contributed by atoms with E-state index < -0.39 is 0 Å². The van der Waals surface area contributed by atoms with E-state index in [2.05, 4.69) is 0 Å². The molecule has 0 rings (SSSR count). The molecule has 0 heterocycles. The molecule has 0 spiro atoms. The van der Waals surface area contributed by atoms with Crippen molar-refractivity contribution >= 4 is 5.91 Å². The maximum Gasteiger partial charge on any atom is 0.249 e. The van der Waals surface area contributed by atoms with Crippen LogP contribution in [0.5, 0.6) is 0 Å². The fourth-order valence-electron chi connectivity index (χ4n) is 0.308. The van der Waals surface area contributed by atoms with Gasteiger partial charge in [-0.15, -0.1) is 0 Å². The smallest absolute Gasteiger partial charge is 0.249 e. The van der Waals surface area contributed by atoms with Crippen LogP contribution in [-0.2, 0) is 4.79 Å². The van der Waals surface area contributed by atoms with Crippen LogP contribution < -0.4 is 0 Å². The van der Waals surface area contributed by atoms with E-state index in [9.17, 15) is 4.79 Å². The molecule has 0 aliphatic heterocycles. The maximum absolute atomic E-state index is 10.6. The second-order valence-electron chi connectivity index (χ2n) is 2.02. The maximum atomic E-state index is 10.6. The van der Waals surface area contributed by atoms with Crippen molar-refractivity contribution in [2.75, 3.05) is 14.1 Å². The van der Waals surface area contributed by atoms with Gasteiger partial charge in [-0.1, -0.05) is 0 Å². The summed E-state index contributed by atoms with van der Waals surface area (Å²) in [5.41, 5.74) is 0. The van der Waals surface area contributed by atoms with Crippen LogP contribution in [0.3, 0.4) is 0 Å². The van der Waals surface area contributed by atoms with E-state index in [4.69, 9.17) is 5.11 Å². The number of aliphatic hydroxyl groups is 1. The first kappa shape index (κ1) is 8.01. The molecule has 0 radical (unpaired) electrons. The Morgan fingerprint density at radius 2 is 2.00 bits per heavy atom. The average Bonchev–Trinajstić information content (AvgIpc) is 1.63. The average molecular weight is 129 g/mol. The van der Waals surface area contributed by atoms with Crippen molar-refractivity contribution in [3.05, 3.63) is 11.8 Å². The van der Waals surface area contributed by atoms with Crippen LogP contribution in [0.25, 0.3) is 0 Å². The molecular weight excluding hydrogens is 118 g/mol. The van der Waals surface area contributed by atoms with Gasteiger partial charge in [0.2, 0.25) is 5.91 Å². The Hall–Kier alpha value is -0.990. The summed E-state index contributed by atoms with van der Waals surface area (Å²) in [7, 11) is 3.25. The molecule has 0 fully saturated rings. The van der Waals surface area contributed by atoms with Gasteiger partial charge in [0.1, 0.15) is 0 Å². The summed E-state index contributed by atoms with van der Waals surface area (Å²) in [6.45, 7) is 1.46. The van der Waals surface area contributed by atoms with Gasteiger partial charge in [-0.3, -0.25) is 4.79 Å². The number of nitrogens with zero attached hydrogens (tertiary/aromatic N) is 1. The third-order valence-electron chi connectivity index (χ3n) is 0.773. The summed E-state index contributed by atoms with van der Waals surface area (Å²) in [6.07, 6.45) is 1.17. The van der Waals surface area contributed by atoms with Crippen LogP contribution in [0.4, 0.5) is 0 Å². The lowest BCUT2D eigenvalue weighted by molar-refractivity contribution is -0.123. The minimum absolute atomic E-state index is 0.0358. The van der Waals surface area contributed by atoms with E-state index in [0.717, 1.165) is 0 Å². The monoisotopic (exact) mass is 129 g/mol. The van der Waals surface area contributed by atoms with Crippen LogP contribution in [0.15, 0.2) is 11.8 Å². The molecule has 0 unspecified atom stereocenters. The van der Waals surface area contributed by atoms with Gasteiger partial charge in [-0.05, 0) is 6.92 Å². The minimum atomic E-state index is -0.199. The number of rotatable bonds is 1. The summed E-state index contributed by atoms with van der Waals surface area (Å²) in [5, 5.41) is 8.59. The van der Waals surface area contributed by atoms with Crippen LogP contribution in [0, 0.1) is 0 Å². The lowest BCUT2D eigenvalue weighted by Crippen LogP contribution is -2.19. The Kier molecular flexibility index (Phi) is 2.78. The number of likely N-dealkylation sites (N-methyl/N-ethyl adjacent to an activating group) is 1. The molecule has 0 bridgehead atoms. The SMILES string of the molecule is CC(O)=CC(=O)N(C)C. The summed E-state index contributed by atoms with van der Waals surface area (Å²) >= 11 is 0. The predicted octanol–water partition coefficient (Wildman–Crippen LogP) is 0.536. The standard InChI is InChI=1S/C6H11NO2/c1-5(8)4-6(9)7(2)3/h4,8H,1-3H3. The molecule has 0 saturated heterocycles. The van der Waals surface area contributed by atoms with Gasteiger partial charge in [0.15, 0.2) is 0 Å². The number of hydrogen-bond donors (Lipinski definition) is 1. The van der Waals surface area contributed by atoms with Crippen LogP contribution in [0.1, 0.15) is 6.92 Å². The Morgan fingerprint density at radius 3 is 2.11 bits per heavy atom. The lowest BCUT2D eigenvalue weighted by atomic mass is 10.4. The first-order chi connectivity index (χ1) is 4.04. The molecule has 0 atom stereocenters. The first-order valence-electron chi connectivity index (χ1n) is 2.62. The number of carbonyl (C=O) groups excluding carboxylic acids is 1. The summed E-state index contributed by atoms with van der Waals surface area (Å²) in [4.78, 5) is 12.0. The van der Waals surface area contributed by atoms with Crippen molar-refractivity contribution in [3.63, 3.8) is 0 Å². The third kappa shape index (κ3) is 3.58. The molecule has 1 N–H and O–H groups in total. The quantitative estimate of drug-likeness (QED) is 0.414. The number of allylic oxidation sites excluding steroid dienone is 1. The summed E-state index contributed by atoms with van der Waals surface area (Å²) < 4.78 is 0. The molecule has 9 heavy (non-hydrogen) atoms. The van der Waals surface area contributed by atoms with Crippen LogP contribution in [-0.4, -0.2) is 30.0 Å². The Bertz CT molecular complexity index is 134. The van der Waals surface area contributed by atoms with E-state index in [1.165, 1.54) is 17.9 Å². The molecule has 0 aromatic heterocycles. The Morgan fingerprint density at radius 1 is 1.56 bits per heavy atom. The zero-order valence-corrected chi connectivity index (χ0v) is 5.88. The molecule has 3 heteroatoms. The third-order valence-corrected chi connectivity index (χ3v) is 0.773. The van der Waals surface area contributed by atoms with E-state index in [1.807, 2.05) is 0 Å². The van der Waals surface area contributed by atoms with Gasteiger partial charge in [-0.25, -0.2) is 0 Å². The van der Waals surface area contributed by atoms with Gasteiger partial charge in [0.05, 0.1) is 5.76 Å². The topological polar surface area (TPSA) is 40.5 Å². The van der Waals surface area contributed by atoms with Gasteiger partial charge >= 0.3 is 0 Å². The van der Waals surface area contributed by atoms with E-state index in [1.54, 1.807) is 14.1 Å². The molecule has 0 aromatic carbocycles. The molecule has 3 nitrogen and oxygen atoms in total. The van der Waals surface area contributed by atoms with Gasteiger partial charge < -0.3 is 10.0 Å². The summed E-state index contributed by atoms with van der Waals surface area (Å²) in [5.74, 6) is -0.163. The van der Waals surface area contributed by atoms with E-state index in [0.29, 0.717) is 0 Å². The fraction of sp³-hybridized carbons (Fsp3) is 0.500. The largest absolute Gasteiger partial charge is 0.512 e. The summed E-state index contributed by atoms with van der Waals surface area (Å²) in [6, 6.07) is 0. The zero-order chi connectivity index (χ0) is 7.44. The van der Waals surface area contributed by atoms with Crippen molar-refractivity contribution in [3.8, 4) is 0 Å². The van der Waals surface area contributed by atoms with Gasteiger partial charge in [-0.2, -0.15) is 0 Å². The van der Waals surface area contributed by atoms with Crippen LogP contribution in [0.2, 0.25) is 0 Å². The number of hydrogen-bond acceptors (Lipinski definition) is 2.